The molecule has 0 bridgehead atoms. The molecule has 1 N–H and O–H groups in total. The third kappa shape index (κ3) is 3.95. The third-order valence-corrected chi connectivity index (χ3v) is 4.97. The van der Waals surface area contributed by atoms with Gasteiger partial charge < -0.3 is 10.0 Å². The Morgan fingerprint density at radius 2 is 1.75 bits per heavy atom. The van der Waals surface area contributed by atoms with Gasteiger partial charge in [-0.1, -0.05) is 19.8 Å². The fraction of sp³-hybridized carbons (Fsp3) is 0.938. The van der Waals surface area contributed by atoms with E-state index in [1.165, 1.54) is 19.3 Å². The number of carbonyl (C=O) groups excluding carboxylic acids is 1. The largest absolute Gasteiger partial charge is 0.395 e. The number of piperidine rings is 1. The lowest BCUT2D eigenvalue weighted by molar-refractivity contribution is -0.137. The van der Waals surface area contributed by atoms with Crippen molar-refractivity contribution in [1.82, 2.24) is 9.80 Å². The van der Waals surface area contributed by atoms with Gasteiger partial charge in [-0.15, -0.1) is 0 Å². The molecule has 4 heteroatoms. The molecule has 0 spiro atoms. The second kappa shape index (κ2) is 7.99. The number of aliphatic hydroxyl groups is 1. The number of rotatable bonds is 4. The quantitative estimate of drug-likeness (QED) is 0.858. The number of likely N-dealkylation sites (tertiary alicyclic amines) is 2. The van der Waals surface area contributed by atoms with Crippen LogP contribution >= 0.6 is 0 Å². The SMILES string of the molecule is CCC1CCCCN1C(=O)CN1CCCCCC1CO. The van der Waals surface area contributed by atoms with Crippen LogP contribution in [0.4, 0.5) is 0 Å². The summed E-state index contributed by atoms with van der Waals surface area (Å²) in [6.45, 7) is 4.75. The molecule has 2 unspecified atom stereocenters. The molecule has 2 aliphatic rings. The Balaban J connectivity index is 1.94. The van der Waals surface area contributed by atoms with Crippen molar-refractivity contribution in [3.05, 3.63) is 0 Å². The van der Waals surface area contributed by atoms with Crippen molar-refractivity contribution in [2.24, 2.45) is 0 Å². The zero-order valence-corrected chi connectivity index (χ0v) is 12.9. The predicted molar refractivity (Wildman–Crippen MR) is 80.6 cm³/mol. The molecule has 0 aliphatic carbocycles. The second-order valence-electron chi connectivity index (χ2n) is 6.30. The zero-order valence-electron chi connectivity index (χ0n) is 12.9. The first kappa shape index (κ1) is 15.8. The summed E-state index contributed by atoms with van der Waals surface area (Å²) in [5.41, 5.74) is 0. The van der Waals surface area contributed by atoms with Crippen LogP contribution in [0.5, 0.6) is 0 Å². The van der Waals surface area contributed by atoms with Crippen molar-refractivity contribution < 1.29 is 9.90 Å². The highest BCUT2D eigenvalue weighted by Gasteiger charge is 2.29. The summed E-state index contributed by atoms with van der Waals surface area (Å²) in [5, 5.41) is 9.54. The van der Waals surface area contributed by atoms with Crippen molar-refractivity contribution in [3.63, 3.8) is 0 Å². The van der Waals surface area contributed by atoms with Gasteiger partial charge in [-0.25, -0.2) is 0 Å². The van der Waals surface area contributed by atoms with E-state index in [9.17, 15) is 9.90 Å². The predicted octanol–water partition coefficient (Wildman–Crippen LogP) is 2.01. The zero-order chi connectivity index (χ0) is 14.4. The Bertz CT molecular complexity index is 309. The standard InChI is InChI=1S/C16H30N2O2/c1-2-14-8-5-7-11-18(14)16(20)12-17-10-6-3-4-9-15(17)13-19/h14-15,19H,2-13H2,1H3. The summed E-state index contributed by atoms with van der Waals surface area (Å²) in [6.07, 6.45) is 9.21. The van der Waals surface area contributed by atoms with Gasteiger partial charge in [-0.05, 0) is 45.1 Å². The summed E-state index contributed by atoms with van der Waals surface area (Å²) in [6, 6.07) is 0.627. The maximum atomic E-state index is 12.6. The lowest BCUT2D eigenvalue weighted by Gasteiger charge is -2.37. The normalized spacial score (nSPS) is 29.2. The summed E-state index contributed by atoms with van der Waals surface area (Å²) >= 11 is 0. The molecule has 4 nitrogen and oxygen atoms in total. The minimum Gasteiger partial charge on any atom is -0.395 e. The summed E-state index contributed by atoms with van der Waals surface area (Å²) in [5.74, 6) is 0.275. The summed E-state index contributed by atoms with van der Waals surface area (Å²) < 4.78 is 0. The van der Waals surface area contributed by atoms with Crippen LogP contribution in [0, 0.1) is 0 Å². The van der Waals surface area contributed by atoms with Crippen molar-refractivity contribution in [2.75, 3.05) is 26.2 Å². The van der Waals surface area contributed by atoms with E-state index in [4.69, 9.17) is 0 Å². The maximum Gasteiger partial charge on any atom is 0.237 e. The first-order valence-corrected chi connectivity index (χ1v) is 8.40. The topological polar surface area (TPSA) is 43.8 Å². The lowest BCUT2D eigenvalue weighted by atomic mass is 10.00. The van der Waals surface area contributed by atoms with E-state index in [1.54, 1.807) is 0 Å². The number of aliphatic hydroxyl groups excluding tert-OH is 1. The highest BCUT2D eigenvalue weighted by atomic mass is 16.3. The van der Waals surface area contributed by atoms with Gasteiger partial charge in [0.2, 0.25) is 5.91 Å². The Hall–Kier alpha value is -0.610. The van der Waals surface area contributed by atoms with Crippen LogP contribution in [0.15, 0.2) is 0 Å². The average molecular weight is 282 g/mol. The fourth-order valence-corrected chi connectivity index (χ4v) is 3.67. The molecular weight excluding hydrogens is 252 g/mol. The van der Waals surface area contributed by atoms with Crippen LogP contribution in [0.1, 0.15) is 58.3 Å². The minimum atomic E-state index is 0.185. The molecule has 0 saturated carbocycles. The number of amides is 1. The molecule has 0 aromatic rings. The molecule has 2 fully saturated rings. The first-order chi connectivity index (χ1) is 9.76. The number of hydrogen-bond acceptors (Lipinski definition) is 3. The molecule has 2 saturated heterocycles. The molecule has 0 aromatic heterocycles. The van der Waals surface area contributed by atoms with Gasteiger partial charge in [0.05, 0.1) is 13.2 Å². The minimum absolute atomic E-state index is 0.185. The molecule has 2 aliphatic heterocycles. The number of nitrogens with zero attached hydrogens (tertiary/aromatic N) is 2. The van der Waals surface area contributed by atoms with Gasteiger partial charge in [0.25, 0.3) is 0 Å². The van der Waals surface area contributed by atoms with Crippen LogP contribution in [-0.4, -0.2) is 59.1 Å². The molecule has 2 heterocycles. The molecule has 0 aromatic carbocycles. The lowest BCUT2D eigenvalue weighted by Crippen LogP contribution is -2.50. The van der Waals surface area contributed by atoms with E-state index in [0.29, 0.717) is 12.6 Å². The smallest absolute Gasteiger partial charge is 0.237 e. The van der Waals surface area contributed by atoms with E-state index in [0.717, 1.165) is 45.2 Å². The summed E-state index contributed by atoms with van der Waals surface area (Å²) in [7, 11) is 0. The first-order valence-electron chi connectivity index (χ1n) is 8.40. The number of hydrogen-bond donors (Lipinski definition) is 1. The van der Waals surface area contributed by atoms with E-state index in [1.807, 2.05) is 0 Å². The van der Waals surface area contributed by atoms with Gasteiger partial charge >= 0.3 is 0 Å². The van der Waals surface area contributed by atoms with E-state index >= 15 is 0 Å². The van der Waals surface area contributed by atoms with Crippen molar-refractivity contribution >= 4 is 5.91 Å². The molecular formula is C16H30N2O2. The van der Waals surface area contributed by atoms with Gasteiger partial charge in [0, 0.05) is 18.6 Å². The van der Waals surface area contributed by atoms with Crippen LogP contribution in [0.25, 0.3) is 0 Å². The average Bonchev–Trinajstić information content (AvgIpc) is 2.72. The van der Waals surface area contributed by atoms with Crippen molar-refractivity contribution in [1.29, 1.82) is 0 Å². The Morgan fingerprint density at radius 1 is 1.05 bits per heavy atom. The highest BCUT2D eigenvalue weighted by molar-refractivity contribution is 5.78. The van der Waals surface area contributed by atoms with Crippen LogP contribution in [-0.2, 0) is 4.79 Å². The molecule has 2 rings (SSSR count). The molecule has 1 amide bonds. The van der Waals surface area contributed by atoms with Gasteiger partial charge in [0.1, 0.15) is 0 Å². The van der Waals surface area contributed by atoms with E-state index in [2.05, 4.69) is 16.7 Å². The van der Waals surface area contributed by atoms with Crippen LogP contribution in [0.2, 0.25) is 0 Å². The van der Waals surface area contributed by atoms with Crippen molar-refractivity contribution in [2.45, 2.75) is 70.4 Å². The van der Waals surface area contributed by atoms with Crippen LogP contribution in [0.3, 0.4) is 0 Å². The van der Waals surface area contributed by atoms with E-state index in [-0.39, 0.29) is 18.6 Å². The molecule has 0 radical (unpaired) electrons. The summed E-state index contributed by atoms with van der Waals surface area (Å²) in [4.78, 5) is 16.9. The van der Waals surface area contributed by atoms with Crippen molar-refractivity contribution in [3.8, 4) is 0 Å². The Labute approximate surface area is 123 Å². The monoisotopic (exact) mass is 282 g/mol. The Morgan fingerprint density at radius 3 is 2.50 bits per heavy atom. The highest BCUT2D eigenvalue weighted by Crippen LogP contribution is 2.21. The van der Waals surface area contributed by atoms with Gasteiger partial charge in [-0.3, -0.25) is 9.69 Å². The fourth-order valence-electron chi connectivity index (χ4n) is 3.67. The molecule has 116 valence electrons. The second-order valence-corrected chi connectivity index (χ2v) is 6.30. The Kier molecular flexibility index (Phi) is 6.30. The van der Waals surface area contributed by atoms with Gasteiger partial charge in [-0.2, -0.15) is 0 Å². The molecule has 2 atom stereocenters. The van der Waals surface area contributed by atoms with E-state index < -0.39 is 0 Å². The number of carbonyl (C=O) groups is 1. The molecule has 20 heavy (non-hydrogen) atoms. The maximum absolute atomic E-state index is 12.6. The van der Waals surface area contributed by atoms with Crippen LogP contribution < -0.4 is 0 Å². The third-order valence-electron chi connectivity index (χ3n) is 4.97. The van der Waals surface area contributed by atoms with Gasteiger partial charge in [0.15, 0.2) is 0 Å².